The minimum atomic E-state index is -0.660. The summed E-state index contributed by atoms with van der Waals surface area (Å²) in [4.78, 5) is 11.2. The zero-order valence-corrected chi connectivity index (χ0v) is 12.7. The van der Waals surface area contributed by atoms with E-state index >= 15 is 0 Å². The van der Waals surface area contributed by atoms with Crippen LogP contribution in [-0.4, -0.2) is 26.2 Å². The van der Waals surface area contributed by atoms with Crippen LogP contribution < -0.4 is 10.5 Å². The number of hydrogen-bond acceptors (Lipinski definition) is 4. The molecule has 4 nitrogen and oxygen atoms in total. The molecular formula is C11H13Br2NO3. The molecule has 0 aliphatic carbocycles. The predicted octanol–water partition coefficient (Wildman–Crippen LogP) is 2.26. The summed E-state index contributed by atoms with van der Waals surface area (Å²) in [7, 11) is 2.91. The van der Waals surface area contributed by atoms with Crippen molar-refractivity contribution in [2.45, 2.75) is 12.5 Å². The van der Waals surface area contributed by atoms with Gasteiger partial charge in [0.25, 0.3) is 0 Å². The molecule has 0 saturated heterocycles. The number of hydrogen-bond donors (Lipinski definition) is 1. The van der Waals surface area contributed by atoms with Gasteiger partial charge in [0.2, 0.25) is 0 Å². The van der Waals surface area contributed by atoms with Gasteiger partial charge in [-0.2, -0.15) is 0 Å². The molecule has 1 aromatic carbocycles. The van der Waals surface area contributed by atoms with Crippen molar-refractivity contribution >= 4 is 37.8 Å². The largest absolute Gasteiger partial charge is 0.494 e. The highest BCUT2D eigenvalue weighted by atomic mass is 79.9. The third-order valence-corrected chi connectivity index (χ3v) is 3.40. The number of halogens is 2. The summed E-state index contributed by atoms with van der Waals surface area (Å²) in [5.41, 5.74) is 6.61. The fourth-order valence-corrected chi connectivity index (χ4v) is 3.02. The number of carbonyl (C=O) groups excluding carboxylic acids is 1. The molecule has 0 saturated carbocycles. The Morgan fingerprint density at radius 1 is 1.35 bits per heavy atom. The molecule has 0 aliphatic heterocycles. The maximum atomic E-state index is 11.2. The minimum absolute atomic E-state index is 0.411. The number of rotatable bonds is 4. The van der Waals surface area contributed by atoms with Gasteiger partial charge in [-0.3, -0.25) is 4.79 Å². The zero-order valence-electron chi connectivity index (χ0n) is 9.50. The molecule has 0 unspecified atom stereocenters. The molecular weight excluding hydrogens is 354 g/mol. The summed E-state index contributed by atoms with van der Waals surface area (Å²) in [6, 6.07) is 3.07. The van der Waals surface area contributed by atoms with E-state index in [2.05, 4.69) is 36.6 Å². The Hall–Kier alpha value is -0.590. The first-order valence-corrected chi connectivity index (χ1v) is 6.43. The second-order valence-electron chi connectivity index (χ2n) is 3.43. The van der Waals surface area contributed by atoms with E-state index in [1.165, 1.54) is 7.11 Å². The van der Waals surface area contributed by atoms with Crippen LogP contribution in [0.2, 0.25) is 0 Å². The Bertz CT molecular complexity index is 400. The number of benzene rings is 1. The Kier molecular flexibility index (Phi) is 5.42. The summed E-state index contributed by atoms with van der Waals surface area (Å²) in [5, 5.41) is 0. The molecule has 2 N–H and O–H groups in total. The van der Waals surface area contributed by atoms with Crippen LogP contribution >= 0.6 is 31.9 Å². The van der Waals surface area contributed by atoms with Crippen molar-refractivity contribution in [3.8, 4) is 5.75 Å². The smallest absolute Gasteiger partial charge is 0.322 e. The summed E-state index contributed by atoms with van der Waals surface area (Å²) >= 11 is 6.78. The van der Waals surface area contributed by atoms with E-state index in [0.29, 0.717) is 12.2 Å². The Labute approximate surface area is 117 Å². The first-order valence-electron chi connectivity index (χ1n) is 4.85. The molecule has 0 fully saturated rings. The Morgan fingerprint density at radius 2 is 1.88 bits per heavy atom. The summed E-state index contributed by atoms with van der Waals surface area (Å²) in [5.74, 6) is 0.286. The van der Waals surface area contributed by atoms with Crippen molar-refractivity contribution in [2.24, 2.45) is 5.73 Å². The van der Waals surface area contributed by atoms with Crippen molar-refractivity contribution in [3.05, 3.63) is 26.6 Å². The molecule has 94 valence electrons. The van der Waals surface area contributed by atoms with Crippen LogP contribution in [0.5, 0.6) is 5.75 Å². The fraction of sp³-hybridized carbons (Fsp3) is 0.364. The average Bonchev–Trinajstić information content (AvgIpc) is 2.27. The quantitative estimate of drug-likeness (QED) is 0.830. The van der Waals surface area contributed by atoms with Crippen LogP contribution in [0.25, 0.3) is 0 Å². The van der Waals surface area contributed by atoms with Gasteiger partial charge in [0.1, 0.15) is 11.8 Å². The highest BCUT2D eigenvalue weighted by Gasteiger charge is 2.16. The lowest BCUT2D eigenvalue weighted by Crippen LogP contribution is -2.33. The van der Waals surface area contributed by atoms with Crippen molar-refractivity contribution in [3.63, 3.8) is 0 Å². The highest BCUT2D eigenvalue weighted by molar-refractivity contribution is 9.11. The number of carbonyl (C=O) groups is 1. The van der Waals surface area contributed by atoms with Crippen LogP contribution in [0, 0.1) is 0 Å². The van der Waals surface area contributed by atoms with Crippen molar-refractivity contribution in [1.29, 1.82) is 0 Å². The number of esters is 1. The van der Waals surface area contributed by atoms with E-state index in [1.807, 2.05) is 12.1 Å². The van der Waals surface area contributed by atoms with Crippen LogP contribution in [-0.2, 0) is 16.0 Å². The van der Waals surface area contributed by atoms with Crippen LogP contribution in [0.1, 0.15) is 5.56 Å². The standard InChI is InChI=1S/C11H13Br2NO3/c1-16-10-7(12)3-6(4-8(10)13)5-9(14)11(15)17-2/h3-4,9H,5,14H2,1-2H3/t9-/m0/s1. The van der Waals surface area contributed by atoms with E-state index in [0.717, 1.165) is 14.5 Å². The average molecular weight is 367 g/mol. The first-order chi connectivity index (χ1) is 7.99. The molecule has 0 heterocycles. The van der Waals surface area contributed by atoms with Gasteiger partial charge >= 0.3 is 5.97 Å². The minimum Gasteiger partial charge on any atom is -0.494 e. The lowest BCUT2D eigenvalue weighted by atomic mass is 10.1. The molecule has 0 aromatic heterocycles. The molecule has 6 heteroatoms. The first kappa shape index (κ1) is 14.5. The van der Waals surface area contributed by atoms with Crippen molar-refractivity contribution < 1.29 is 14.3 Å². The lowest BCUT2D eigenvalue weighted by Gasteiger charge is -2.12. The van der Waals surface area contributed by atoms with E-state index in [1.54, 1.807) is 7.11 Å². The molecule has 1 rings (SSSR count). The monoisotopic (exact) mass is 365 g/mol. The van der Waals surface area contributed by atoms with E-state index in [-0.39, 0.29) is 0 Å². The van der Waals surface area contributed by atoms with E-state index in [9.17, 15) is 4.79 Å². The number of methoxy groups -OCH3 is 2. The van der Waals surface area contributed by atoms with E-state index in [4.69, 9.17) is 10.5 Å². The normalized spacial score (nSPS) is 12.1. The van der Waals surface area contributed by atoms with Gasteiger partial charge in [0, 0.05) is 0 Å². The molecule has 0 bridgehead atoms. The molecule has 17 heavy (non-hydrogen) atoms. The van der Waals surface area contributed by atoms with Gasteiger partial charge in [-0.05, 0) is 56.0 Å². The van der Waals surface area contributed by atoms with Gasteiger partial charge in [0.05, 0.1) is 23.2 Å². The maximum Gasteiger partial charge on any atom is 0.322 e. The van der Waals surface area contributed by atoms with Gasteiger partial charge in [-0.1, -0.05) is 0 Å². The summed E-state index contributed by atoms with van der Waals surface area (Å²) < 4.78 is 11.4. The molecule has 1 atom stereocenters. The second-order valence-corrected chi connectivity index (χ2v) is 5.14. The summed E-state index contributed by atoms with van der Waals surface area (Å²) in [6.07, 6.45) is 0.411. The lowest BCUT2D eigenvalue weighted by molar-refractivity contribution is -0.142. The number of ether oxygens (including phenoxy) is 2. The van der Waals surface area contributed by atoms with Gasteiger partial charge in [-0.25, -0.2) is 0 Å². The third kappa shape index (κ3) is 3.69. The molecule has 0 amide bonds. The third-order valence-electron chi connectivity index (χ3n) is 2.22. The SMILES string of the molecule is COC(=O)[C@@H](N)Cc1cc(Br)c(OC)c(Br)c1. The Morgan fingerprint density at radius 3 is 2.29 bits per heavy atom. The van der Waals surface area contributed by atoms with Gasteiger partial charge in [-0.15, -0.1) is 0 Å². The van der Waals surface area contributed by atoms with Crippen molar-refractivity contribution in [1.82, 2.24) is 0 Å². The van der Waals surface area contributed by atoms with Crippen LogP contribution in [0.15, 0.2) is 21.1 Å². The zero-order chi connectivity index (χ0) is 13.0. The van der Waals surface area contributed by atoms with Gasteiger partial charge in [0.15, 0.2) is 0 Å². The topological polar surface area (TPSA) is 61.5 Å². The van der Waals surface area contributed by atoms with Crippen LogP contribution in [0.3, 0.4) is 0 Å². The maximum absolute atomic E-state index is 11.2. The second kappa shape index (κ2) is 6.37. The number of nitrogens with two attached hydrogens (primary N) is 1. The molecule has 0 aliphatic rings. The van der Waals surface area contributed by atoms with Gasteiger partial charge < -0.3 is 15.2 Å². The highest BCUT2D eigenvalue weighted by Crippen LogP contribution is 2.34. The van der Waals surface area contributed by atoms with Crippen molar-refractivity contribution in [2.75, 3.05) is 14.2 Å². The predicted molar refractivity (Wildman–Crippen MR) is 72.1 cm³/mol. The van der Waals surface area contributed by atoms with Crippen LogP contribution in [0.4, 0.5) is 0 Å². The molecule has 0 spiro atoms. The van der Waals surface area contributed by atoms with E-state index < -0.39 is 12.0 Å². The summed E-state index contributed by atoms with van der Waals surface area (Å²) in [6.45, 7) is 0. The Balaban J connectivity index is 2.90. The molecule has 1 aromatic rings. The fourth-order valence-electron chi connectivity index (χ4n) is 1.41. The molecule has 0 radical (unpaired) electrons.